The quantitative estimate of drug-likeness (QED) is 0.259. The Labute approximate surface area is 138 Å². The molecular weight excluding hydrogens is 314 g/mol. The predicted octanol–water partition coefficient (Wildman–Crippen LogP) is 1.08. The predicted molar refractivity (Wildman–Crippen MR) is 85.0 cm³/mol. The van der Waals surface area contributed by atoms with E-state index in [1.807, 2.05) is 15.9 Å². The van der Waals surface area contributed by atoms with Gasteiger partial charge < -0.3 is 14.5 Å². The minimum Gasteiger partial charge on any atom is -0.462 e. The first-order chi connectivity index (χ1) is 11.5. The third-order valence-electron chi connectivity index (χ3n) is 3.51. The minimum absolute atomic E-state index is 0.0289. The van der Waals surface area contributed by atoms with E-state index in [0.717, 1.165) is 0 Å². The summed E-state index contributed by atoms with van der Waals surface area (Å²) >= 11 is 0. The summed E-state index contributed by atoms with van der Waals surface area (Å²) < 4.78 is 4.83. The van der Waals surface area contributed by atoms with Crippen molar-refractivity contribution in [2.24, 2.45) is 0 Å². The average Bonchev–Trinajstić information content (AvgIpc) is 2.60. The molecule has 0 radical (unpaired) electrons. The Morgan fingerprint density at radius 2 is 2.17 bits per heavy atom. The SMILES string of the molecule is CCOC(=O)/C(C#N)=C/N1CCN(c2ccc([N+](=O)[O-])cn2)CC1. The molecule has 0 saturated carbocycles. The molecule has 0 aliphatic carbocycles. The molecule has 0 atom stereocenters. The zero-order valence-electron chi connectivity index (χ0n) is 13.2. The van der Waals surface area contributed by atoms with Gasteiger partial charge in [-0.1, -0.05) is 0 Å². The molecule has 0 N–H and O–H groups in total. The summed E-state index contributed by atoms with van der Waals surface area (Å²) in [5.41, 5.74) is -0.0767. The molecule has 1 saturated heterocycles. The van der Waals surface area contributed by atoms with E-state index in [9.17, 15) is 14.9 Å². The van der Waals surface area contributed by atoms with Crippen LogP contribution in [0.1, 0.15) is 6.92 Å². The Bertz CT molecular complexity index is 672. The maximum atomic E-state index is 11.6. The molecular formula is C15H17N5O4. The molecule has 1 aliphatic rings. The molecule has 24 heavy (non-hydrogen) atoms. The number of esters is 1. The van der Waals surface area contributed by atoms with Gasteiger partial charge in [-0.15, -0.1) is 0 Å². The van der Waals surface area contributed by atoms with Crippen molar-refractivity contribution in [1.29, 1.82) is 5.26 Å². The number of carbonyl (C=O) groups excluding carboxylic acids is 1. The van der Waals surface area contributed by atoms with E-state index in [2.05, 4.69) is 4.98 Å². The van der Waals surface area contributed by atoms with E-state index < -0.39 is 10.9 Å². The lowest BCUT2D eigenvalue weighted by Gasteiger charge is -2.34. The van der Waals surface area contributed by atoms with E-state index in [4.69, 9.17) is 10.00 Å². The van der Waals surface area contributed by atoms with E-state index in [1.165, 1.54) is 18.5 Å². The van der Waals surface area contributed by atoms with Crippen molar-refractivity contribution in [2.75, 3.05) is 37.7 Å². The van der Waals surface area contributed by atoms with Crippen LogP contribution in [0.15, 0.2) is 30.1 Å². The maximum absolute atomic E-state index is 11.6. The van der Waals surface area contributed by atoms with Crippen LogP contribution >= 0.6 is 0 Å². The van der Waals surface area contributed by atoms with Crippen molar-refractivity contribution in [1.82, 2.24) is 9.88 Å². The Kier molecular flexibility index (Phi) is 5.68. The highest BCUT2D eigenvalue weighted by molar-refractivity contribution is 5.92. The lowest BCUT2D eigenvalue weighted by atomic mass is 10.2. The van der Waals surface area contributed by atoms with E-state index in [1.54, 1.807) is 13.0 Å². The number of rotatable bonds is 5. The lowest BCUT2D eigenvalue weighted by molar-refractivity contribution is -0.385. The Balaban J connectivity index is 1.96. The number of ether oxygens (including phenoxy) is 1. The van der Waals surface area contributed by atoms with E-state index >= 15 is 0 Å². The molecule has 1 aromatic rings. The fourth-order valence-electron chi connectivity index (χ4n) is 2.27. The number of nitrogens with zero attached hydrogens (tertiary/aromatic N) is 5. The first kappa shape index (κ1) is 17.2. The molecule has 1 fully saturated rings. The van der Waals surface area contributed by atoms with Crippen LogP contribution in [-0.2, 0) is 9.53 Å². The monoisotopic (exact) mass is 331 g/mol. The number of nitro groups is 1. The normalized spacial score (nSPS) is 14.9. The first-order valence-electron chi connectivity index (χ1n) is 7.43. The van der Waals surface area contributed by atoms with Crippen LogP contribution in [0, 0.1) is 21.4 Å². The number of piperazine rings is 1. The molecule has 0 aromatic carbocycles. The maximum Gasteiger partial charge on any atom is 0.350 e. The number of nitriles is 1. The van der Waals surface area contributed by atoms with Crippen LogP contribution in [0.25, 0.3) is 0 Å². The highest BCUT2D eigenvalue weighted by atomic mass is 16.6. The van der Waals surface area contributed by atoms with Crippen molar-refractivity contribution in [2.45, 2.75) is 6.92 Å². The van der Waals surface area contributed by atoms with Crippen LogP contribution in [0.2, 0.25) is 0 Å². The Hall–Kier alpha value is -3.15. The molecule has 1 aromatic heterocycles. The highest BCUT2D eigenvalue weighted by Gasteiger charge is 2.19. The number of anilines is 1. The number of aromatic nitrogens is 1. The summed E-state index contributed by atoms with van der Waals surface area (Å²) in [6.07, 6.45) is 2.74. The molecule has 1 aliphatic heterocycles. The van der Waals surface area contributed by atoms with Gasteiger partial charge >= 0.3 is 5.97 Å². The van der Waals surface area contributed by atoms with Crippen LogP contribution in [0.3, 0.4) is 0 Å². The Morgan fingerprint density at radius 3 is 2.67 bits per heavy atom. The summed E-state index contributed by atoms with van der Waals surface area (Å²) in [5, 5.41) is 19.7. The molecule has 0 amide bonds. The zero-order valence-corrected chi connectivity index (χ0v) is 13.2. The third-order valence-corrected chi connectivity index (χ3v) is 3.51. The molecule has 2 rings (SSSR count). The topological polar surface area (TPSA) is 113 Å². The van der Waals surface area contributed by atoms with Gasteiger partial charge in [0.15, 0.2) is 5.57 Å². The highest BCUT2D eigenvalue weighted by Crippen LogP contribution is 2.17. The van der Waals surface area contributed by atoms with Crippen molar-refractivity contribution in [3.8, 4) is 6.07 Å². The second-order valence-corrected chi connectivity index (χ2v) is 5.03. The van der Waals surface area contributed by atoms with Gasteiger partial charge in [-0.3, -0.25) is 10.1 Å². The van der Waals surface area contributed by atoms with E-state index in [0.29, 0.717) is 32.0 Å². The first-order valence-corrected chi connectivity index (χ1v) is 7.43. The second-order valence-electron chi connectivity index (χ2n) is 5.03. The van der Waals surface area contributed by atoms with Gasteiger partial charge in [-0.05, 0) is 13.0 Å². The van der Waals surface area contributed by atoms with Gasteiger partial charge in [0.25, 0.3) is 5.69 Å². The van der Waals surface area contributed by atoms with E-state index in [-0.39, 0.29) is 17.9 Å². The van der Waals surface area contributed by atoms with Crippen LogP contribution < -0.4 is 4.90 Å². The molecule has 0 bridgehead atoms. The van der Waals surface area contributed by atoms with Crippen molar-refractivity contribution in [3.05, 3.63) is 40.2 Å². The van der Waals surface area contributed by atoms with Gasteiger partial charge in [-0.25, -0.2) is 9.78 Å². The minimum atomic E-state index is -0.625. The van der Waals surface area contributed by atoms with Crippen molar-refractivity contribution < 1.29 is 14.5 Å². The number of hydrogen-bond donors (Lipinski definition) is 0. The van der Waals surface area contributed by atoms with Crippen LogP contribution in [0.4, 0.5) is 11.5 Å². The molecule has 0 spiro atoms. The van der Waals surface area contributed by atoms with Crippen molar-refractivity contribution in [3.63, 3.8) is 0 Å². The van der Waals surface area contributed by atoms with Gasteiger partial charge in [0.05, 0.1) is 11.5 Å². The fourth-order valence-corrected chi connectivity index (χ4v) is 2.27. The van der Waals surface area contributed by atoms with Crippen LogP contribution in [-0.4, -0.2) is 53.6 Å². The molecule has 2 heterocycles. The third kappa shape index (κ3) is 4.19. The fraction of sp³-hybridized carbons (Fsp3) is 0.400. The molecule has 9 nitrogen and oxygen atoms in total. The van der Waals surface area contributed by atoms with Gasteiger partial charge in [-0.2, -0.15) is 5.26 Å². The van der Waals surface area contributed by atoms with Crippen molar-refractivity contribution >= 4 is 17.5 Å². The second kappa shape index (κ2) is 7.92. The average molecular weight is 331 g/mol. The number of hydrogen-bond acceptors (Lipinski definition) is 8. The smallest absolute Gasteiger partial charge is 0.350 e. The van der Waals surface area contributed by atoms with Gasteiger partial charge in [0.1, 0.15) is 18.1 Å². The van der Waals surface area contributed by atoms with Gasteiger partial charge in [0, 0.05) is 38.4 Å². The molecule has 126 valence electrons. The number of carbonyl (C=O) groups is 1. The largest absolute Gasteiger partial charge is 0.462 e. The molecule has 0 unspecified atom stereocenters. The Morgan fingerprint density at radius 1 is 1.46 bits per heavy atom. The zero-order chi connectivity index (χ0) is 17.5. The summed E-state index contributed by atoms with van der Waals surface area (Å²) in [6, 6.07) is 4.88. The summed E-state index contributed by atoms with van der Waals surface area (Å²) in [7, 11) is 0. The van der Waals surface area contributed by atoms with Gasteiger partial charge in [0.2, 0.25) is 0 Å². The summed E-state index contributed by atoms with van der Waals surface area (Å²) in [4.78, 5) is 29.7. The molecule has 9 heteroatoms. The van der Waals surface area contributed by atoms with Crippen LogP contribution in [0.5, 0.6) is 0 Å². The summed E-state index contributed by atoms with van der Waals surface area (Å²) in [6.45, 7) is 4.36. The number of pyridine rings is 1. The standard InChI is InChI=1S/C15H17N5O4/c1-2-24-15(21)12(9-16)11-18-5-7-19(8-6-18)14-4-3-13(10-17-14)20(22)23/h3-4,10-11H,2,5-8H2,1H3/b12-11+. The lowest BCUT2D eigenvalue weighted by Crippen LogP contribution is -2.44. The summed E-state index contributed by atoms with van der Waals surface area (Å²) in [5.74, 6) is 0.0367.